The number of carbonyl (C=O) groups excluding carboxylic acids is 6. The summed E-state index contributed by atoms with van der Waals surface area (Å²) in [5, 5.41) is 1.48. The number of amides is 2. The van der Waals surface area contributed by atoms with Gasteiger partial charge in [0.2, 0.25) is 6.41 Å². The zero-order chi connectivity index (χ0) is 29.9. The molecule has 1 unspecified atom stereocenters. The molecule has 2 aliphatic heterocycles. The molecule has 2 aromatic rings. The second-order valence-corrected chi connectivity index (χ2v) is 11.2. The summed E-state index contributed by atoms with van der Waals surface area (Å²) in [6.45, 7) is 3.49. The molecule has 4 rings (SSSR count). The molecule has 216 valence electrons. The van der Waals surface area contributed by atoms with Crippen LogP contribution in [0.5, 0.6) is 11.5 Å². The number of nitrogens with one attached hydrogen (secondary N) is 1. The predicted molar refractivity (Wildman–Crippen MR) is 142 cm³/mol. The molecule has 3 N–H and O–H groups in total. The fraction of sp³-hybridized carbons (Fsp3) is 0.333. The van der Waals surface area contributed by atoms with Gasteiger partial charge in [0.15, 0.2) is 17.2 Å². The first-order chi connectivity index (χ1) is 19.4. The van der Waals surface area contributed by atoms with E-state index in [4.69, 9.17) is 24.7 Å². The minimum Gasteiger partial charge on any atom is -0.461 e. The van der Waals surface area contributed by atoms with Gasteiger partial charge in [-0.1, -0.05) is 30.3 Å². The molecule has 0 aliphatic carbocycles. The van der Waals surface area contributed by atoms with Crippen LogP contribution in [0.3, 0.4) is 0 Å². The van der Waals surface area contributed by atoms with Gasteiger partial charge in [0.05, 0.1) is 10.3 Å². The third kappa shape index (κ3) is 5.88. The van der Waals surface area contributed by atoms with Gasteiger partial charge in [-0.15, -0.1) is 11.8 Å². The highest BCUT2D eigenvalue weighted by molar-refractivity contribution is 8.01. The fourth-order valence-corrected chi connectivity index (χ4v) is 6.17. The lowest BCUT2D eigenvalue weighted by Gasteiger charge is -2.50. The smallest absolute Gasteiger partial charge is 0.338 e. The Bertz CT molecular complexity index is 1400. The first-order valence-electron chi connectivity index (χ1n) is 12.3. The van der Waals surface area contributed by atoms with E-state index in [0.29, 0.717) is 6.41 Å². The van der Waals surface area contributed by atoms with Crippen molar-refractivity contribution in [2.45, 2.75) is 49.2 Å². The molecule has 2 aliphatic rings. The number of rotatable bonds is 10. The van der Waals surface area contributed by atoms with Crippen LogP contribution >= 0.6 is 11.8 Å². The molecule has 14 heteroatoms. The molecule has 4 atom stereocenters. The van der Waals surface area contributed by atoms with E-state index in [9.17, 15) is 28.8 Å². The highest BCUT2D eigenvalue weighted by Crippen LogP contribution is 2.53. The number of carbonyl (C=O) groups is 6. The zero-order valence-corrected chi connectivity index (χ0v) is 23.1. The molecule has 2 heterocycles. The van der Waals surface area contributed by atoms with Crippen molar-refractivity contribution in [3.05, 3.63) is 59.7 Å². The maximum Gasteiger partial charge on any atom is 0.338 e. The van der Waals surface area contributed by atoms with Crippen LogP contribution in [0.15, 0.2) is 48.5 Å². The Morgan fingerprint density at radius 1 is 1.02 bits per heavy atom. The average molecular weight is 586 g/mol. The minimum absolute atomic E-state index is 0.0397. The Hall–Kier alpha value is -4.43. The summed E-state index contributed by atoms with van der Waals surface area (Å²) in [6, 6.07) is 11.5. The number of nitrogens with zero attached hydrogens (tertiary/aromatic N) is 1. The summed E-state index contributed by atoms with van der Waals surface area (Å²) in [5.41, 5.74) is 5.08. The van der Waals surface area contributed by atoms with Crippen LogP contribution in [-0.2, 0) is 40.1 Å². The average Bonchev–Trinajstić information content (AvgIpc) is 3.23. The molecule has 0 saturated carbocycles. The lowest BCUT2D eigenvalue weighted by atomic mass is 9.91. The number of hydrogen-bond acceptors (Lipinski definition) is 12. The SMILES string of the molecule is CC(=O)Oc1ccc(C(=O)OC[C@]2(C)S[C@@H]3N(C(=O)[C@]3(N)NC=O)C2C(=O)OCc2ccccc2)cc1OC(C)=O. The van der Waals surface area contributed by atoms with Crippen LogP contribution < -0.4 is 20.5 Å². The molecule has 41 heavy (non-hydrogen) atoms. The largest absolute Gasteiger partial charge is 0.461 e. The molecule has 2 aromatic carbocycles. The number of ether oxygens (including phenoxy) is 4. The zero-order valence-electron chi connectivity index (χ0n) is 22.3. The van der Waals surface area contributed by atoms with Gasteiger partial charge < -0.3 is 29.2 Å². The van der Waals surface area contributed by atoms with Crippen molar-refractivity contribution >= 4 is 48.0 Å². The van der Waals surface area contributed by atoms with Crippen LogP contribution in [0.4, 0.5) is 0 Å². The summed E-state index contributed by atoms with van der Waals surface area (Å²) < 4.78 is 19.9. The van der Waals surface area contributed by atoms with Crippen molar-refractivity contribution in [2.24, 2.45) is 5.73 Å². The Kier molecular flexibility index (Phi) is 8.35. The summed E-state index contributed by atoms with van der Waals surface area (Å²) in [5.74, 6) is -3.90. The van der Waals surface area contributed by atoms with Crippen molar-refractivity contribution in [1.29, 1.82) is 0 Å². The Balaban J connectivity index is 1.55. The summed E-state index contributed by atoms with van der Waals surface area (Å²) >= 11 is 1.08. The molecular weight excluding hydrogens is 558 g/mol. The summed E-state index contributed by atoms with van der Waals surface area (Å²) in [7, 11) is 0. The number of thioether (sulfide) groups is 1. The van der Waals surface area contributed by atoms with Crippen LogP contribution in [0.2, 0.25) is 0 Å². The van der Waals surface area contributed by atoms with Gasteiger partial charge >= 0.3 is 23.9 Å². The minimum atomic E-state index is -1.75. The molecule has 2 fully saturated rings. The van der Waals surface area contributed by atoms with Crippen molar-refractivity contribution in [3.63, 3.8) is 0 Å². The number of nitrogens with two attached hydrogens (primary N) is 1. The van der Waals surface area contributed by atoms with Gasteiger partial charge in [0.25, 0.3) is 5.91 Å². The molecule has 2 saturated heterocycles. The first-order valence-corrected chi connectivity index (χ1v) is 13.2. The van der Waals surface area contributed by atoms with Crippen molar-refractivity contribution in [2.75, 3.05) is 6.61 Å². The van der Waals surface area contributed by atoms with Crippen LogP contribution in [-0.4, -0.2) is 69.5 Å². The molecule has 0 aromatic heterocycles. The van der Waals surface area contributed by atoms with E-state index in [1.54, 1.807) is 31.2 Å². The Labute approximate surface area is 238 Å². The van der Waals surface area contributed by atoms with Crippen LogP contribution in [0.25, 0.3) is 0 Å². The third-order valence-electron chi connectivity index (χ3n) is 6.39. The van der Waals surface area contributed by atoms with E-state index in [0.717, 1.165) is 31.2 Å². The fourth-order valence-electron chi connectivity index (χ4n) is 4.51. The number of β-lactam (4-membered cyclic amide) rings is 1. The highest BCUT2D eigenvalue weighted by Gasteiger charge is 2.72. The normalized spacial score (nSPS) is 24.4. The summed E-state index contributed by atoms with van der Waals surface area (Å²) in [4.78, 5) is 74.6. The van der Waals surface area contributed by atoms with Gasteiger partial charge in [0, 0.05) is 13.8 Å². The van der Waals surface area contributed by atoms with E-state index < -0.39 is 51.6 Å². The van der Waals surface area contributed by atoms with Gasteiger partial charge in [0.1, 0.15) is 24.6 Å². The maximum atomic E-state index is 13.3. The van der Waals surface area contributed by atoms with E-state index in [1.807, 2.05) is 6.07 Å². The first kappa shape index (κ1) is 29.6. The number of benzene rings is 2. The number of esters is 4. The Morgan fingerprint density at radius 2 is 1.68 bits per heavy atom. The number of hydrogen-bond donors (Lipinski definition) is 2. The van der Waals surface area contributed by atoms with Gasteiger partial charge in [-0.3, -0.25) is 24.9 Å². The molecular formula is C27H27N3O10S. The quantitative estimate of drug-likeness (QED) is 0.132. The van der Waals surface area contributed by atoms with Crippen molar-refractivity contribution < 1.29 is 47.7 Å². The van der Waals surface area contributed by atoms with Crippen LogP contribution in [0.1, 0.15) is 36.7 Å². The highest BCUT2D eigenvalue weighted by atomic mass is 32.2. The van der Waals surface area contributed by atoms with Gasteiger partial charge in [-0.25, -0.2) is 9.59 Å². The monoisotopic (exact) mass is 585 g/mol. The van der Waals surface area contributed by atoms with Gasteiger partial charge in [-0.2, -0.15) is 0 Å². The standard InChI is InChI=1S/C27H27N3O10S/c1-15(32)39-19-10-9-18(11-20(19)40-16(2)33)22(34)38-13-26(3)21(23(35)37-12-17-7-5-4-6-8-17)30-24(36)27(28,29-14-31)25(30)41-26/h4-11,14,21,25H,12-13,28H2,1-3H3,(H,29,31)/t21?,25-,26-,27-/m0/s1. The molecule has 2 amide bonds. The van der Waals surface area contributed by atoms with Crippen molar-refractivity contribution in [3.8, 4) is 11.5 Å². The maximum absolute atomic E-state index is 13.3. The number of fused-ring (bicyclic) bond motifs is 1. The Morgan fingerprint density at radius 3 is 2.32 bits per heavy atom. The molecule has 13 nitrogen and oxygen atoms in total. The van der Waals surface area contributed by atoms with E-state index >= 15 is 0 Å². The topological polar surface area (TPSA) is 181 Å². The molecule has 0 spiro atoms. The van der Waals surface area contributed by atoms with E-state index in [-0.39, 0.29) is 30.3 Å². The summed E-state index contributed by atoms with van der Waals surface area (Å²) in [6.07, 6.45) is 0.300. The van der Waals surface area contributed by atoms with E-state index in [2.05, 4.69) is 5.32 Å². The van der Waals surface area contributed by atoms with E-state index in [1.165, 1.54) is 23.1 Å². The second-order valence-electron chi connectivity index (χ2n) is 9.55. The van der Waals surface area contributed by atoms with Crippen molar-refractivity contribution in [1.82, 2.24) is 10.2 Å². The second kappa shape index (κ2) is 11.6. The third-order valence-corrected chi connectivity index (χ3v) is 8.09. The van der Waals surface area contributed by atoms with Gasteiger partial charge in [-0.05, 0) is 30.7 Å². The molecule has 0 radical (unpaired) electrons. The predicted octanol–water partition coefficient (Wildman–Crippen LogP) is 0.881. The lowest BCUT2D eigenvalue weighted by molar-refractivity contribution is -0.171. The van der Waals surface area contributed by atoms with Crippen LogP contribution in [0, 0.1) is 0 Å². The molecule has 0 bridgehead atoms. The lowest BCUT2D eigenvalue weighted by Crippen LogP contribution is -2.83.